The zero-order valence-corrected chi connectivity index (χ0v) is 16.1. The fourth-order valence-electron chi connectivity index (χ4n) is 2.96. The minimum Gasteiger partial charge on any atom is -0.449 e. The van der Waals surface area contributed by atoms with Crippen LogP contribution in [-0.4, -0.2) is 23.9 Å². The van der Waals surface area contributed by atoms with Crippen LogP contribution in [0.3, 0.4) is 0 Å². The predicted octanol–water partition coefficient (Wildman–Crippen LogP) is 2.76. The van der Waals surface area contributed by atoms with Crippen LogP contribution in [0.25, 0.3) is 0 Å². The molecule has 1 aromatic heterocycles. The summed E-state index contributed by atoms with van der Waals surface area (Å²) in [6.07, 6.45) is 1.49. The van der Waals surface area contributed by atoms with Crippen LogP contribution in [0, 0.1) is 0 Å². The van der Waals surface area contributed by atoms with Crippen molar-refractivity contribution in [2.45, 2.75) is 32.3 Å². The highest BCUT2D eigenvalue weighted by molar-refractivity contribution is 7.17. The van der Waals surface area contributed by atoms with E-state index in [1.54, 1.807) is 0 Å². The summed E-state index contributed by atoms with van der Waals surface area (Å²) in [6, 6.07) is 4.36. The Morgan fingerprint density at radius 1 is 1.30 bits per heavy atom. The summed E-state index contributed by atoms with van der Waals surface area (Å²) in [6.45, 7) is 1.44. The number of hydrogen-bond acceptors (Lipinski definition) is 6. The van der Waals surface area contributed by atoms with Crippen molar-refractivity contribution in [1.82, 2.24) is 0 Å². The molecule has 3 rings (SSSR count). The number of rotatable bonds is 5. The number of nitrogens with two attached hydrogens (primary N) is 2. The van der Waals surface area contributed by atoms with Crippen molar-refractivity contribution in [2.24, 2.45) is 5.73 Å². The molecule has 5 N–H and O–H groups in total. The van der Waals surface area contributed by atoms with Gasteiger partial charge in [-0.1, -0.05) is 11.6 Å². The number of aryl methyl sites for hydroxylation is 1. The molecule has 0 bridgehead atoms. The zero-order chi connectivity index (χ0) is 19.7. The number of halogens is 1. The fourth-order valence-corrected chi connectivity index (χ4v) is 4.44. The number of carbonyl (C=O) groups is 3. The van der Waals surface area contributed by atoms with Gasteiger partial charge >= 0.3 is 5.97 Å². The average molecular weight is 408 g/mol. The Morgan fingerprint density at radius 3 is 2.70 bits per heavy atom. The summed E-state index contributed by atoms with van der Waals surface area (Å²) < 4.78 is 5.18. The summed E-state index contributed by atoms with van der Waals surface area (Å²) in [5, 5.41) is 3.43. The molecule has 1 atom stereocenters. The maximum absolute atomic E-state index is 12.4. The number of fused-ring (bicyclic) bond motifs is 1. The third-order valence-electron chi connectivity index (χ3n) is 4.29. The van der Waals surface area contributed by atoms with E-state index in [-0.39, 0.29) is 11.3 Å². The molecule has 0 unspecified atom stereocenters. The molecular formula is C18H18ClN3O4S. The third-order valence-corrected chi connectivity index (χ3v) is 5.73. The molecule has 1 aliphatic rings. The van der Waals surface area contributed by atoms with Gasteiger partial charge in [-0.3, -0.25) is 9.59 Å². The molecule has 7 nitrogen and oxygen atoms in total. The van der Waals surface area contributed by atoms with Crippen LogP contribution in [0.1, 0.15) is 44.5 Å². The minimum absolute atomic E-state index is 0.118. The zero-order valence-electron chi connectivity index (χ0n) is 14.5. The number of hydrogen-bond donors (Lipinski definition) is 3. The van der Waals surface area contributed by atoms with Crippen molar-refractivity contribution < 1.29 is 19.1 Å². The summed E-state index contributed by atoms with van der Waals surface area (Å²) in [4.78, 5) is 37.5. The number of thiophene rings is 1. The van der Waals surface area contributed by atoms with Crippen molar-refractivity contribution in [3.8, 4) is 0 Å². The van der Waals surface area contributed by atoms with Crippen LogP contribution in [0.2, 0.25) is 5.02 Å². The molecule has 2 amide bonds. The van der Waals surface area contributed by atoms with Gasteiger partial charge in [0.05, 0.1) is 11.1 Å². The lowest BCUT2D eigenvalue weighted by Gasteiger charge is -2.14. The smallest absolute Gasteiger partial charge is 0.341 e. The van der Waals surface area contributed by atoms with Crippen LogP contribution >= 0.6 is 22.9 Å². The van der Waals surface area contributed by atoms with Crippen molar-refractivity contribution in [1.29, 1.82) is 0 Å². The van der Waals surface area contributed by atoms with Crippen LogP contribution in [0.5, 0.6) is 0 Å². The number of esters is 1. The molecule has 0 spiro atoms. The topological polar surface area (TPSA) is 125 Å². The molecule has 1 aliphatic carbocycles. The van der Waals surface area contributed by atoms with Crippen LogP contribution in [-0.2, 0) is 22.4 Å². The van der Waals surface area contributed by atoms with Gasteiger partial charge in [0.1, 0.15) is 5.00 Å². The summed E-state index contributed by atoms with van der Waals surface area (Å²) >= 11 is 7.14. The van der Waals surface area contributed by atoms with Crippen molar-refractivity contribution in [3.63, 3.8) is 0 Å². The Kier molecular flexibility index (Phi) is 5.38. The quantitative estimate of drug-likeness (QED) is 0.519. The molecule has 9 heteroatoms. The SMILES string of the molecule is C[C@@H](OC(=O)c1ccc(Cl)cc1N)C(=O)Nc1sc2c(c1C(N)=O)CCC2. The summed E-state index contributed by atoms with van der Waals surface area (Å²) in [5.41, 5.74) is 12.8. The van der Waals surface area contributed by atoms with E-state index in [0.29, 0.717) is 15.6 Å². The molecule has 0 radical (unpaired) electrons. The van der Waals surface area contributed by atoms with Gasteiger partial charge in [0.25, 0.3) is 11.8 Å². The average Bonchev–Trinajstić information content (AvgIpc) is 3.14. The highest BCUT2D eigenvalue weighted by Crippen LogP contribution is 2.38. The largest absolute Gasteiger partial charge is 0.449 e. The van der Waals surface area contributed by atoms with Crippen LogP contribution < -0.4 is 16.8 Å². The van der Waals surface area contributed by atoms with Gasteiger partial charge in [-0.15, -0.1) is 11.3 Å². The van der Waals surface area contributed by atoms with Gasteiger partial charge in [0.2, 0.25) is 0 Å². The van der Waals surface area contributed by atoms with Gasteiger partial charge in [-0.25, -0.2) is 4.79 Å². The molecule has 0 fully saturated rings. The number of amides is 2. The summed E-state index contributed by atoms with van der Waals surface area (Å²) in [5.74, 6) is -1.88. The van der Waals surface area contributed by atoms with Crippen molar-refractivity contribution in [2.75, 3.05) is 11.1 Å². The molecule has 142 valence electrons. The second kappa shape index (κ2) is 7.58. The minimum atomic E-state index is -1.09. The second-order valence-electron chi connectivity index (χ2n) is 6.19. The molecular weight excluding hydrogens is 390 g/mol. The number of carbonyl (C=O) groups excluding carboxylic acids is 3. The number of ether oxygens (including phenoxy) is 1. The highest BCUT2D eigenvalue weighted by Gasteiger charge is 2.28. The number of anilines is 2. The lowest BCUT2D eigenvalue weighted by molar-refractivity contribution is -0.123. The van der Waals surface area contributed by atoms with Gasteiger partial charge < -0.3 is 21.5 Å². The van der Waals surface area contributed by atoms with E-state index in [9.17, 15) is 14.4 Å². The fraction of sp³-hybridized carbons (Fsp3) is 0.278. The molecule has 0 saturated heterocycles. The maximum Gasteiger partial charge on any atom is 0.341 e. The molecule has 0 aliphatic heterocycles. The maximum atomic E-state index is 12.4. The highest BCUT2D eigenvalue weighted by atomic mass is 35.5. The monoisotopic (exact) mass is 407 g/mol. The molecule has 0 saturated carbocycles. The Morgan fingerprint density at radius 2 is 2.04 bits per heavy atom. The van der Waals surface area contributed by atoms with Crippen LogP contribution in [0.15, 0.2) is 18.2 Å². The number of nitrogen functional groups attached to an aromatic ring is 1. The molecule has 1 heterocycles. The Hall–Kier alpha value is -2.58. The number of nitrogens with one attached hydrogen (secondary N) is 1. The summed E-state index contributed by atoms with van der Waals surface area (Å²) in [7, 11) is 0. The Balaban J connectivity index is 1.71. The van der Waals surface area contributed by atoms with Gasteiger partial charge in [-0.05, 0) is 49.9 Å². The van der Waals surface area contributed by atoms with Gasteiger partial charge in [0.15, 0.2) is 6.10 Å². The lowest BCUT2D eigenvalue weighted by Crippen LogP contribution is -2.30. The Labute approximate surface area is 164 Å². The molecule has 27 heavy (non-hydrogen) atoms. The predicted molar refractivity (Wildman–Crippen MR) is 104 cm³/mol. The third kappa shape index (κ3) is 3.91. The van der Waals surface area contributed by atoms with E-state index in [1.807, 2.05) is 0 Å². The second-order valence-corrected chi connectivity index (χ2v) is 7.74. The van der Waals surface area contributed by atoms with Gasteiger partial charge in [-0.2, -0.15) is 0 Å². The van der Waals surface area contributed by atoms with E-state index in [2.05, 4.69) is 5.32 Å². The standard InChI is InChI=1S/C18H18ClN3O4S/c1-8(26-18(25)10-6-5-9(19)7-12(10)20)16(24)22-17-14(15(21)23)11-3-2-4-13(11)27-17/h5-8H,2-4,20H2,1H3,(H2,21,23)(H,22,24)/t8-/m1/s1. The van der Waals surface area contributed by atoms with E-state index in [1.165, 1.54) is 36.5 Å². The number of benzene rings is 1. The first-order valence-electron chi connectivity index (χ1n) is 8.29. The van der Waals surface area contributed by atoms with E-state index >= 15 is 0 Å². The van der Waals surface area contributed by atoms with E-state index < -0.39 is 23.9 Å². The molecule has 1 aromatic carbocycles. The lowest BCUT2D eigenvalue weighted by atomic mass is 10.1. The first-order valence-corrected chi connectivity index (χ1v) is 9.48. The van der Waals surface area contributed by atoms with E-state index in [0.717, 1.165) is 29.7 Å². The first kappa shape index (κ1) is 19.2. The van der Waals surface area contributed by atoms with Crippen molar-refractivity contribution >= 4 is 51.4 Å². The molecule has 2 aromatic rings. The Bertz CT molecular complexity index is 941. The van der Waals surface area contributed by atoms with Crippen molar-refractivity contribution in [3.05, 3.63) is 44.8 Å². The normalized spacial score (nSPS) is 13.7. The van der Waals surface area contributed by atoms with E-state index in [4.69, 9.17) is 27.8 Å². The first-order chi connectivity index (χ1) is 12.8. The van der Waals surface area contributed by atoms with Crippen LogP contribution in [0.4, 0.5) is 10.7 Å². The van der Waals surface area contributed by atoms with Gasteiger partial charge in [0, 0.05) is 15.6 Å². The number of primary amides is 1.